The minimum atomic E-state index is 0.172. The Labute approximate surface area is 71.1 Å². The number of hydrogen-bond donors (Lipinski definition) is 0. The fraction of sp³-hybridized carbons (Fsp3) is 0.900. The van der Waals surface area contributed by atoms with Crippen LogP contribution < -0.4 is 0 Å². The summed E-state index contributed by atoms with van der Waals surface area (Å²) in [6.07, 6.45) is 0. The molecule has 0 aliphatic heterocycles. The van der Waals surface area contributed by atoms with E-state index in [1.54, 1.807) is 0 Å². The first kappa shape index (κ1) is 11.0. The molecular weight excluding hydrogens is 136 g/mol. The number of ether oxygens (including phenoxy) is 1. The molecule has 0 fully saturated rings. The Morgan fingerprint density at radius 3 is 1.73 bits per heavy atom. The van der Waals surface area contributed by atoms with Crippen molar-refractivity contribution in [3.05, 3.63) is 6.61 Å². The molecule has 0 aromatic heterocycles. The highest BCUT2D eigenvalue weighted by Crippen LogP contribution is 2.21. The summed E-state index contributed by atoms with van der Waals surface area (Å²) in [5.41, 5.74) is 0.438. The average molecular weight is 157 g/mol. The lowest BCUT2D eigenvalue weighted by Crippen LogP contribution is -2.17. The van der Waals surface area contributed by atoms with E-state index in [1.165, 1.54) is 0 Å². The Hall–Kier alpha value is -0.0400. The van der Waals surface area contributed by atoms with Crippen molar-refractivity contribution in [3.8, 4) is 0 Å². The van der Waals surface area contributed by atoms with Crippen LogP contribution in [0.15, 0.2) is 0 Å². The van der Waals surface area contributed by atoms with Crippen molar-refractivity contribution in [1.29, 1.82) is 0 Å². The second kappa shape index (κ2) is 3.57. The molecule has 0 aliphatic carbocycles. The quantitative estimate of drug-likeness (QED) is 0.598. The zero-order valence-electron chi connectivity index (χ0n) is 8.69. The molecule has 1 nitrogen and oxygen atoms in total. The summed E-state index contributed by atoms with van der Waals surface area (Å²) in [4.78, 5) is 0. The minimum Gasteiger partial charge on any atom is -0.374 e. The third kappa shape index (κ3) is 9.96. The molecule has 0 spiro atoms. The van der Waals surface area contributed by atoms with Gasteiger partial charge in [-0.25, -0.2) is 0 Å². The molecule has 11 heavy (non-hydrogen) atoms. The summed E-state index contributed by atoms with van der Waals surface area (Å²) < 4.78 is 5.44. The van der Waals surface area contributed by atoms with Crippen LogP contribution in [-0.2, 0) is 4.74 Å². The Kier molecular flexibility index (Phi) is 3.56. The van der Waals surface area contributed by atoms with E-state index in [9.17, 15) is 0 Å². The summed E-state index contributed by atoms with van der Waals surface area (Å²) in [5.74, 6) is 0. The van der Waals surface area contributed by atoms with Gasteiger partial charge in [0.1, 0.15) is 0 Å². The average Bonchev–Trinajstić information content (AvgIpc) is 1.55. The molecular formula is C10H21O. The zero-order valence-corrected chi connectivity index (χ0v) is 8.69. The molecule has 0 amide bonds. The van der Waals surface area contributed by atoms with Crippen LogP contribution >= 0.6 is 0 Å². The van der Waals surface area contributed by atoms with Crippen molar-refractivity contribution in [3.63, 3.8) is 0 Å². The van der Waals surface area contributed by atoms with E-state index in [2.05, 4.69) is 41.5 Å². The van der Waals surface area contributed by atoms with Gasteiger partial charge in [0.05, 0.1) is 13.2 Å². The smallest absolute Gasteiger partial charge is 0.0890 e. The molecule has 0 heterocycles. The lowest BCUT2D eigenvalue weighted by Gasteiger charge is -2.22. The molecule has 0 saturated carbocycles. The zero-order chi connectivity index (χ0) is 9.12. The molecule has 0 aliphatic rings. The Morgan fingerprint density at radius 2 is 1.45 bits per heavy atom. The van der Waals surface area contributed by atoms with Crippen LogP contribution in [0, 0.1) is 17.4 Å². The predicted molar refractivity (Wildman–Crippen MR) is 49.2 cm³/mol. The van der Waals surface area contributed by atoms with Gasteiger partial charge in [0.2, 0.25) is 0 Å². The van der Waals surface area contributed by atoms with Gasteiger partial charge in [-0.05, 0) is 10.8 Å². The van der Waals surface area contributed by atoms with Crippen molar-refractivity contribution in [1.82, 2.24) is 0 Å². The van der Waals surface area contributed by atoms with Crippen LogP contribution in [0.4, 0.5) is 0 Å². The normalized spacial score (nSPS) is 13.6. The van der Waals surface area contributed by atoms with E-state index in [0.29, 0.717) is 0 Å². The highest BCUT2D eigenvalue weighted by atomic mass is 16.5. The standard InChI is InChI=1S/C10H21O/c1-9(2,3)7-11-8-10(4,5)6/h7H,8H2,1-6H3. The molecule has 0 aromatic rings. The molecule has 0 rings (SSSR count). The molecule has 0 unspecified atom stereocenters. The first-order chi connectivity index (χ1) is 4.71. The van der Waals surface area contributed by atoms with E-state index in [0.717, 1.165) is 6.61 Å². The fourth-order valence-corrected chi connectivity index (χ4v) is 0.542. The van der Waals surface area contributed by atoms with Gasteiger partial charge < -0.3 is 4.74 Å². The Balaban J connectivity index is 3.44. The van der Waals surface area contributed by atoms with Gasteiger partial charge in [-0.3, -0.25) is 0 Å². The van der Waals surface area contributed by atoms with Crippen molar-refractivity contribution in [2.24, 2.45) is 10.8 Å². The van der Waals surface area contributed by atoms with Gasteiger partial charge in [-0.2, -0.15) is 0 Å². The van der Waals surface area contributed by atoms with Crippen LogP contribution in [0.25, 0.3) is 0 Å². The van der Waals surface area contributed by atoms with Gasteiger partial charge >= 0.3 is 0 Å². The fourth-order valence-electron chi connectivity index (χ4n) is 0.542. The Bertz CT molecular complexity index is 89.0. The van der Waals surface area contributed by atoms with Crippen LogP contribution in [0.2, 0.25) is 0 Å². The number of hydrogen-bond acceptors (Lipinski definition) is 1. The van der Waals surface area contributed by atoms with E-state index in [4.69, 9.17) is 4.74 Å². The SMILES string of the molecule is CC(C)(C)[CH]OCC(C)(C)C. The second-order valence-electron chi connectivity index (χ2n) is 5.36. The molecule has 67 valence electrons. The van der Waals surface area contributed by atoms with E-state index in [1.807, 2.05) is 6.61 Å². The van der Waals surface area contributed by atoms with Crippen molar-refractivity contribution in [2.45, 2.75) is 41.5 Å². The van der Waals surface area contributed by atoms with Crippen LogP contribution in [0.5, 0.6) is 0 Å². The summed E-state index contributed by atoms with van der Waals surface area (Å²) >= 11 is 0. The van der Waals surface area contributed by atoms with Gasteiger partial charge in [-0.15, -0.1) is 0 Å². The van der Waals surface area contributed by atoms with Crippen molar-refractivity contribution in [2.75, 3.05) is 6.61 Å². The van der Waals surface area contributed by atoms with E-state index < -0.39 is 0 Å². The largest absolute Gasteiger partial charge is 0.374 e. The summed E-state index contributed by atoms with van der Waals surface area (Å²) in [7, 11) is 0. The van der Waals surface area contributed by atoms with E-state index in [-0.39, 0.29) is 10.8 Å². The summed E-state index contributed by atoms with van der Waals surface area (Å²) in [6, 6.07) is 0. The second-order valence-corrected chi connectivity index (χ2v) is 5.36. The maximum atomic E-state index is 5.44. The van der Waals surface area contributed by atoms with Crippen molar-refractivity contribution < 1.29 is 4.74 Å². The van der Waals surface area contributed by atoms with Gasteiger partial charge in [0.25, 0.3) is 0 Å². The lowest BCUT2D eigenvalue weighted by atomic mass is 9.97. The maximum absolute atomic E-state index is 5.44. The van der Waals surface area contributed by atoms with Crippen LogP contribution in [-0.4, -0.2) is 6.61 Å². The van der Waals surface area contributed by atoms with E-state index >= 15 is 0 Å². The third-order valence-electron chi connectivity index (χ3n) is 0.953. The summed E-state index contributed by atoms with van der Waals surface area (Å²) in [5, 5.41) is 0. The molecule has 1 radical (unpaired) electrons. The van der Waals surface area contributed by atoms with Gasteiger partial charge in [0, 0.05) is 0 Å². The first-order valence-corrected chi connectivity index (χ1v) is 4.17. The highest BCUT2D eigenvalue weighted by Gasteiger charge is 2.15. The molecule has 0 saturated heterocycles. The Morgan fingerprint density at radius 1 is 1.00 bits per heavy atom. The monoisotopic (exact) mass is 157 g/mol. The molecule has 0 bridgehead atoms. The predicted octanol–water partition coefficient (Wildman–Crippen LogP) is 3.26. The van der Waals surface area contributed by atoms with Crippen LogP contribution in [0.3, 0.4) is 0 Å². The van der Waals surface area contributed by atoms with Crippen molar-refractivity contribution >= 4 is 0 Å². The molecule has 0 atom stereocenters. The third-order valence-corrected chi connectivity index (χ3v) is 0.953. The first-order valence-electron chi connectivity index (χ1n) is 4.17. The lowest BCUT2D eigenvalue weighted by molar-refractivity contribution is 0.0812. The van der Waals surface area contributed by atoms with Gasteiger partial charge in [0.15, 0.2) is 0 Å². The van der Waals surface area contributed by atoms with Crippen LogP contribution in [0.1, 0.15) is 41.5 Å². The highest BCUT2D eigenvalue weighted by molar-refractivity contribution is 4.72. The number of rotatable bonds is 2. The molecule has 0 aromatic carbocycles. The maximum Gasteiger partial charge on any atom is 0.0890 e. The van der Waals surface area contributed by atoms with Gasteiger partial charge in [-0.1, -0.05) is 41.5 Å². The molecule has 1 heteroatoms. The minimum absolute atomic E-state index is 0.172. The topological polar surface area (TPSA) is 9.23 Å². The summed E-state index contributed by atoms with van der Waals surface area (Å²) in [6.45, 7) is 15.6. The molecule has 0 N–H and O–H groups in total.